The van der Waals surface area contributed by atoms with Crippen LogP contribution in [0.25, 0.3) is 11.4 Å². The van der Waals surface area contributed by atoms with Gasteiger partial charge in [-0.05, 0) is 50.9 Å². The van der Waals surface area contributed by atoms with Crippen LogP contribution in [0.5, 0.6) is 0 Å². The van der Waals surface area contributed by atoms with E-state index in [9.17, 15) is 0 Å². The van der Waals surface area contributed by atoms with Crippen molar-refractivity contribution in [2.45, 2.75) is 46.1 Å². The van der Waals surface area contributed by atoms with E-state index in [4.69, 9.17) is 0 Å². The van der Waals surface area contributed by atoms with Gasteiger partial charge in [-0.25, -0.2) is 4.57 Å². The van der Waals surface area contributed by atoms with Gasteiger partial charge >= 0.3 is 6.98 Å². The van der Waals surface area contributed by atoms with E-state index in [1.54, 1.807) is 11.4 Å². The van der Waals surface area contributed by atoms with Crippen LogP contribution >= 0.6 is 0 Å². The first-order chi connectivity index (χ1) is 13.2. The topological polar surface area (TPSA) is 12.1 Å². The first kappa shape index (κ1) is 15.6. The van der Waals surface area contributed by atoms with Crippen LogP contribution in [0.1, 0.15) is 40.9 Å². The first-order valence-electron chi connectivity index (χ1n) is 10.2. The Labute approximate surface area is 161 Å². The van der Waals surface area contributed by atoms with E-state index in [-0.39, 0.29) is 6.98 Å². The molecule has 1 aromatic heterocycles. The molecule has 6 rings (SSSR count). The standard InChI is InChI=1S/C23H25BN3/c1-15-8-6-9-16(2)22(15)24-25(3)20-13-7-10-17-14-26-18-11-4-5-12-19(18)27(24)23(26)21(17)20/h6-10,13H,4-5,11-12,14H2,1-3H3/q+1. The minimum Gasteiger partial charge on any atom is -0.372 e. The highest BCUT2D eigenvalue weighted by atomic mass is 15.3. The van der Waals surface area contributed by atoms with E-state index in [1.165, 1.54) is 64.9 Å². The summed E-state index contributed by atoms with van der Waals surface area (Å²) in [6, 6.07) is 13.6. The van der Waals surface area contributed by atoms with Gasteiger partial charge in [0, 0.05) is 29.6 Å². The molecule has 0 amide bonds. The van der Waals surface area contributed by atoms with Crippen LogP contribution in [0.15, 0.2) is 36.4 Å². The van der Waals surface area contributed by atoms with E-state index < -0.39 is 0 Å². The molecular weight excluding hydrogens is 329 g/mol. The van der Waals surface area contributed by atoms with Crippen LogP contribution in [0.4, 0.5) is 5.69 Å². The van der Waals surface area contributed by atoms with Crippen molar-refractivity contribution in [3.63, 3.8) is 0 Å². The summed E-state index contributed by atoms with van der Waals surface area (Å²) in [7, 11) is 2.28. The highest BCUT2D eigenvalue weighted by Crippen LogP contribution is 2.43. The molecule has 3 aromatic rings. The number of aromatic nitrogens is 2. The Kier molecular flexibility index (Phi) is 3.04. The van der Waals surface area contributed by atoms with E-state index in [0.29, 0.717) is 0 Å². The number of imidazole rings is 1. The maximum absolute atomic E-state index is 2.70. The molecule has 0 saturated heterocycles. The van der Waals surface area contributed by atoms with Gasteiger partial charge in [-0.2, -0.15) is 0 Å². The molecule has 4 heteroatoms. The summed E-state index contributed by atoms with van der Waals surface area (Å²) in [5.41, 5.74) is 11.8. The monoisotopic (exact) mass is 354 g/mol. The molecule has 0 radical (unpaired) electrons. The molecule has 0 N–H and O–H groups in total. The fraction of sp³-hybridized carbons (Fsp3) is 0.348. The van der Waals surface area contributed by atoms with Crippen LogP contribution < -0.4 is 14.8 Å². The summed E-state index contributed by atoms with van der Waals surface area (Å²) < 4.78 is 5.33. The molecule has 134 valence electrons. The highest BCUT2D eigenvalue weighted by molar-refractivity contribution is 6.70. The zero-order chi connectivity index (χ0) is 18.3. The van der Waals surface area contributed by atoms with Gasteiger partial charge in [0.25, 0.3) is 5.82 Å². The van der Waals surface area contributed by atoms with Crippen LogP contribution in [0, 0.1) is 13.8 Å². The fourth-order valence-electron chi connectivity index (χ4n) is 5.80. The average Bonchev–Trinajstić information content (AvgIpc) is 3.19. The molecule has 3 aliphatic rings. The molecule has 2 aliphatic heterocycles. The van der Waals surface area contributed by atoms with E-state index in [2.05, 4.69) is 71.1 Å². The van der Waals surface area contributed by atoms with Crippen LogP contribution in [-0.2, 0) is 19.4 Å². The van der Waals surface area contributed by atoms with Crippen molar-refractivity contribution in [2.75, 3.05) is 11.9 Å². The molecule has 27 heavy (non-hydrogen) atoms. The minimum absolute atomic E-state index is 0.246. The lowest BCUT2D eigenvalue weighted by atomic mass is 9.60. The minimum atomic E-state index is 0.246. The van der Waals surface area contributed by atoms with Crippen molar-refractivity contribution in [1.29, 1.82) is 0 Å². The van der Waals surface area contributed by atoms with Crippen molar-refractivity contribution < 1.29 is 4.48 Å². The highest BCUT2D eigenvalue weighted by Gasteiger charge is 2.51. The van der Waals surface area contributed by atoms with Crippen LogP contribution in [0.3, 0.4) is 0 Å². The first-order valence-corrected chi connectivity index (χ1v) is 10.2. The lowest BCUT2D eigenvalue weighted by Crippen LogP contribution is -2.72. The summed E-state index contributed by atoms with van der Waals surface area (Å²) in [5, 5.41) is 0. The van der Waals surface area contributed by atoms with E-state index in [0.717, 1.165) is 6.54 Å². The van der Waals surface area contributed by atoms with Gasteiger partial charge in [0.1, 0.15) is 17.9 Å². The Bertz CT molecular complexity index is 1090. The number of rotatable bonds is 1. The quantitative estimate of drug-likeness (QED) is 0.479. The van der Waals surface area contributed by atoms with Gasteiger partial charge < -0.3 is 4.81 Å². The SMILES string of the molecule is Cc1cccc(C)c1B1N(C)c2cccc3c2-c2n(c4c([n+]21)CCCC4)C3. The predicted octanol–water partition coefficient (Wildman–Crippen LogP) is 2.99. The molecule has 2 aromatic carbocycles. The van der Waals surface area contributed by atoms with Gasteiger partial charge in [0.15, 0.2) is 0 Å². The Balaban J connectivity index is 1.73. The largest absolute Gasteiger partial charge is 0.537 e. The summed E-state index contributed by atoms with van der Waals surface area (Å²) in [4.78, 5) is 2.52. The van der Waals surface area contributed by atoms with Gasteiger partial charge in [-0.3, -0.25) is 4.48 Å². The Morgan fingerprint density at radius 1 is 0.963 bits per heavy atom. The molecule has 0 unspecified atom stereocenters. The van der Waals surface area contributed by atoms with Gasteiger partial charge in [0.2, 0.25) is 0 Å². The molecule has 0 saturated carbocycles. The summed E-state index contributed by atoms with van der Waals surface area (Å²) >= 11 is 0. The Hall–Kier alpha value is -2.49. The molecule has 0 bridgehead atoms. The van der Waals surface area contributed by atoms with Gasteiger partial charge in [0.05, 0.1) is 5.56 Å². The summed E-state index contributed by atoms with van der Waals surface area (Å²) in [6.07, 6.45) is 5.07. The summed E-state index contributed by atoms with van der Waals surface area (Å²) in [6.45, 7) is 5.83. The van der Waals surface area contributed by atoms with Gasteiger partial charge in [-0.1, -0.05) is 30.3 Å². The molecule has 3 nitrogen and oxygen atoms in total. The lowest BCUT2D eigenvalue weighted by molar-refractivity contribution is -0.533. The molecule has 1 aliphatic carbocycles. The van der Waals surface area contributed by atoms with Crippen LogP contribution in [0.2, 0.25) is 0 Å². The van der Waals surface area contributed by atoms with Crippen molar-refractivity contribution in [3.8, 4) is 11.4 Å². The molecule has 3 heterocycles. The van der Waals surface area contributed by atoms with Crippen molar-refractivity contribution >= 4 is 18.1 Å². The van der Waals surface area contributed by atoms with Crippen molar-refractivity contribution in [2.24, 2.45) is 0 Å². The van der Waals surface area contributed by atoms with E-state index >= 15 is 0 Å². The normalized spacial score (nSPS) is 16.6. The number of benzene rings is 2. The summed E-state index contributed by atoms with van der Waals surface area (Å²) in [5.74, 6) is 1.46. The van der Waals surface area contributed by atoms with E-state index in [1.807, 2.05) is 0 Å². The second-order valence-electron chi connectivity index (χ2n) is 8.48. The average molecular weight is 354 g/mol. The maximum Gasteiger partial charge on any atom is 0.537 e. The van der Waals surface area contributed by atoms with Crippen molar-refractivity contribution in [1.82, 2.24) is 4.57 Å². The number of anilines is 1. The fourth-order valence-corrected chi connectivity index (χ4v) is 5.80. The van der Waals surface area contributed by atoms with Crippen molar-refractivity contribution in [3.05, 3.63) is 64.5 Å². The third-order valence-corrected chi connectivity index (χ3v) is 6.98. The number of nitrogens with zero attached hydrogens (tertiary/aromatic N) is 3. The molecule has 0 atom stereocenters. The number of hydrogen-bond acceptors (Lipinski definition) is 1. The maximum atomic E-state index is 2.70. The predicted molar refractivity (Wildman–Crippen MR) is 111 cm³/mol. The number of fused-ring (bicyclic) bond motifs is 3. The lowest BCUT2D eigenvalue weighted by Gasteiger charge is -2.32. The van der Waals surface area contributed by atoms with Crippen LogP contribution in [-0.4, -0.2) is 18.6 Å². The third-order valence-electron chi connectivity index (χ3n) is 6.98. The molecule has 0 fully saturated rings. The zero-order valence-electron chi connectivity index (χ0n) is 16.4. The number of hydrogen-bond donors (Lipinski definition) is 0. The Morgan fingerprint density at radius 3 is 2.52 bits per heavy atom. The second kappa shape index (κ2) is 5.28. The second-order valence-corrected chi connectivity index (χ2v) is 8.48. The molecule has 0 spiro atoms. The zero-order valence-corrected chi connectivity index (χ0v) is 16.4. The smallest absolute Gasteiger partial charge is 0.372 e. The number of aryl methyl sites for hydroxylation is 2. The van der Waals surface area contributed by atoms with Gasteiger partial charge in [-0.15, -0.1) is 0 Å². The Morgan fingerprint density at radius 2 is 1.70 bits per heavy atom. The third kappa shape index (κ3) is 1.86. The molecular formula is C23H25BN3+.